The van der Waals surface area contributed by atoms with Gasteiger partial charge >= 0.3 is 0 Å². The number of likely N-dealkylation sites (tertiary alicyclic amines) is 1. The van der Waals surface area contributed by atoms with Crippen LogP contribution in [0.25, 0.3) is 0 Å². The van der Waals surface area contributed by atoms with Gasteiger partial charge in [0.2, 0.25) is 5.91 Å². The number of β-amino-alcohol motifs (C(OH)–C–C–N with tert-alkyl or cyclic N) is 1. The molecule has 1 N–H and O–H groups in total. The van der Waals surface area contributed by atoms with E-state index in [-0.39, 0.29) is 12.0 Å². The van der Waals surface area contributed by atoms with Crippen LogP contribution in [0.1, 0.15) is 25.8 Å². The molecule has 98 valence electrons. The lowest BCUT2D eigenvalue weighted by molar-refractivity contribution is -0.135. The van der Waals surface area contributed by atoms with Gasteiger partial charge in [0.1, 0.15) is 0 Å². The molecular weight excluding hydrogens is 250 g/mol. The Balaban J connectivity index is 2.22. The SMILES string of the molecule is CC(C)(C(=O)N1CC[C@H](O)C1)c1cccc(Cl)c1. The van der Waals surface area contributed by atoms with E-state index in [1.54, 1.807) is 11.0 Å². The van der Waals surface area contributed by atoms with Crippen LogP contribution in [-0.2, 0) is 10.2 Å². The number of carbonyl (C=O) groups excluding carboxylic acids is 1. The van der Waals surface area contributed by atoms with Crippen LogP contribution in [0.3, 0.4) is 0 Å². The summed E-state index contributed by atoms with van der Waals surface area (Å²) in [7, 11) is 0. The fourth-order valence-corrected chi connectivity index (χ4v) is 2.51. The van der Waals surface area contributed by atoms with Crippen molar-refractivity contribution >= 4 is 17.5 Å². The van der Waals surface area contributed by atoms with Gasteiger partial charge in [-0.1, -0.05) is 23.7 Å². The third-order valence-electron chi connectivity index (χ3n) is 3.53. The minimum Gasteiger partial charge on any atom is -0.391 e. The van der Waals surface area contributed by atoms with Crippen LogP contribution in [0.4, 0.5) is 0 Å². The number of benzene rings is 1. The summed E-state index contributed by atoms with van der Waals surface area (Å²) in [5.41, 5.74) is 0.288. The highest BCUT2D eigenvalue weighted by Crippen LogP contribution is 2.29. The number of hydrogen-bond donors (Lipinski definition) is 1. The molecule has 1 fully saturated rings. The molecule has 1 aromatic rings. The summed E-state index contributed by atoms with van der Waals surface area (Å²) in [5.74, 6) is 0.0429. The predicted molar refractivity (Wildman–Crippen MR) is 71.7 cm³/mol. The number of aliphatic hydroxyl groups excluding tert-OH is 1. The summed E-state index contributed by atoms with van der Waals surface area (Å²) >= 11 is 5.97. The molecule has 0 aliphatic carbocycles. The van der Waals surface area contributed by atoms with Crippen molar-refractivity contribution in [3.05, 3.63) is 34.9 Å². The van der Waals surface area contributed by atoms with Crippen molar-refractivity contribution in [2.24, 2.45) is 0 Å². The van der Waals surface area contributed by atoms with Gasteiger partial charge in [0.05, 0.1) is 11.5 Å². The third kappa shape index (κ3) is 2.52. The maximum absolute atomic E-state index is 12.5. The molecule has 0 radical (unpaired) electrons. The van der Waals surface area contributed by atoms with E-state index in [2.05, 4.69) is 0 Å². The van der Waals surface area contributed by atoms with E-state index >= 15 is 0 Å². The van der Waals surface area contributed by atoms with Gasteiger partial charge in [0.15, 0.2) is 0 Å². The van der Waals surface area contributed by atoms with E-state index in [4.69, 9.17) is 11.6 Å². The highest BCUT2D eigenvalue weighted by Gasteiger charge is 2.36. The number of amides is 1. The summed E-state index contributed by atoms with van der Waals surface area (Å²) in [4.78, 5) is 14.2. The average molecular weight is 268 g/mol. The van der Waals surface area contributed by atoms with Crippen molar-refractivity contribution in [1.82, 2.24) is 4.90 Å². The van der Waals surface area contributed by atoms with Crippen molar-refractivity contribution < 1.29 is 9.90 Å². The summed E-state index contributed by atoms with van der Waals surface area (Å²) in [6.45, 7) is 4.85. The molecule has 0 bridgehead atoms. The first-order valence-electron chi connectivity index (χ1n) is 6.15. The lowest BCUT2D eigenvalue weighted by Crippen LogP contribution is -2.42. The van der Waals surface area contributed by atoms with Crippen LogP contribution in [0.15, 0.2) is 24.3 Å². The molecule has 4 heteroatoms. The molecule has 0 saturated carbocycles. The molecule has 1 amide bonds. The Morgan fingerprint density at radius 3 is 2.78 bits per heavy atom. The maximum atomic E-state index is 12.5. The van der Waals surface area contributed by atoms with E-state index in [1.165, 1.54) is 0 Å². The first-order valence-corrected chi connectivity index (χ1v) is 6.52. The molecule has 1 aliphatic heterocycles. The minimum atomic E-state index is -0.616. The van der Waals surface area contributed by atoms with Crippen LogP contribution in [0.5, 0.6) is 0 Å². The van der Waals surface area contributed by atoms with Gasteiger partial charge in [0, 0.05) is 18.1 Å². The van der Waals surface area contributed by atoms with Gasteiger partial charge in [-0.3, -0.25) is 4.79 Å². The van der Waals surface area contributed by atoms with Gasteiger partial charge < -0.3 is 10.0 Å². The number of nitrogens with zero attached hydrogens (tertiary/aromatic N) is 1. The second-order valence-corrected chi connectivity index (χ2v) is 5.77. The molecule has 3 nitrogen and oxygen atoms in total. The van der Waals surface area contributed by atoms with E-state index in [0.29, 0.717) is 24.5 Å². The zero-order chi connectivity index (χ0) is 13.3. The Kier molecular flexibility index (Phi) is 3.64. The lowest BCUT2D eigenvalue weighted by atomic mass is 9.83. The van der Waals surface area contributed by atoms with Gasteiger partial charge in [-0.15, -0.1) is 0 Å². The van der Waals surface area contributed by atoms with Crippen LogP contribution < -0.4 is 0 Å². The quantitative estimate of drug-likeness (QED) is 0.893. The summed E-state index contributed by atoms with van der Waals surface area (Å²) in [6, 6.07) is 7.39. The minimum absolute atomic E-state index is 0.0429. The zero-order valence-corrected chi connectivity index (χ0v) is 11.4. The van der Waals surface area contributed by atoms with Crippen LogP contribution in [-0.4, -0.2) is 35.1 Å². The first kappa shape index (κ1) is 13.4. The lowest BCUT2D eigenvalue weighted by Gasteiger charge is -2.29. The molecule has 1 aliphatic rings. The zero-order valence-electron chi connectivity index (χ0n) is 10.7. The van der Waals surface area contributed by atoms with Crippen LogP contribution >= 0.6 is 11.6 Å². The largest absolute Gasteiger partial charge is 0.391 e. The number of aliphatic hydroxyl groups is 1. The molecule has 18 heavy (non-hydrogen) atoms. The molecule has 0 unspecified atom stereocenters. The third-order valence-corrected chi connectivity index (χ3v) is 3.77. The summed E-state index contributed by atoms with van der Waals surface area (Å²) < 4.78 is 0. The number of halogens is 1. The van der Waals surface area contributed by atoms with Crippen molar-refractivity contribution in [2.45, 2.75) is 31.8 Å². The maximum Gasteiger partial charge on any atom is 0.232 e. The van der Waals surface area contributed by atoms with Gasteiger partial charge in [0.25, 0.3) is 0 Å². The highest BCUT2D eigenvalue weighted by molar-refractivity contribution is 6.30. The Hall–Kier alpha value is -1.06. The topological polar surface area (TPSA) is 40.5 Å². The Morgan fingerprint density at radius 2 is 2.22 bits per heavy atom. The molecule has 1 aromatic carbocycles. The molecule has 1 saturated heterocycles. The normalized spacial score (nSPS) is 20.2. The van der Waals surface area contributed by atoms with Crippen LogP contribution in [0, 0.1) is 0 Å². The molecule has 0 aromatic heterocycles. The van der Waals surface area contributed by atoms with Crippen molar-refractivity contribution in [1.29, 1.82) is 0 Å². The van der Waals surface area contributed by atoms with E-state index < -0.39 is 5.41 Å². The number of hydrogen-bond acceptors (Lipinski definition) is 2. The summed E-state index contributed by atoms with van der Waals surface area (Å²) in [6.07, 6.45) is 0.279. The van der Waals surface area contributed by atoms with Crippen LogP contribution in [0.2, 0.25) is 5.02 Å². The Labute approximate surface area is 112 Å². The van der Waals surface area contributed by atoms with Crippen molar-refractivity contribution in [2.75, 3.05) is 13.1 Å². The monoisotopic (exact) mass is 267 g/mol. The van der Waals surface area contributed by atoms with E-state index in [0.717, 1.165) is 5.56 Å². The number of carbonyl (C=O) groups is 1. The van der Waals surface area contributed by atoms with Crippen molar-refractivity contribution in [3.63, 3.8) is 0 Å². The fourth-order valence-electron chi connectivity index (χ4n) is 2.32. The molecular formula is C14H18ClNO2. The van der Waals surface area contributed by atoms with E-state index in [1.807, 2.05) is 32.0 Å². The molecule has 0 spiro atoms. The second kappa shape index (κ2) is 4.90. The standard InChI is InChI=1S/C14H18ClNO2/c1-14(2,10-4-3-5-11(15)8-10)13(18)16-7-6-12(17)9-16/h3-5,8,12,17H,6-7,9H2,1-2H3/t12-/m0/s1. The molecule has 1 atom stereocenters. The summed E-state index contributed by atoms with van der Waals surface area (Å²) in [5, 5.41) is 10.1. The predicted octanol–water partition coefficient (Wildman–Crippen LogP) is 2.21. The van der Waals surface area contributed by atoms with Gasteiger partial charge in [-0.05, 0) is 38.0 Å². The Bertz CT molecular complexity index is 459. The fraction of sp³-hybridized carbons (Fsp3) is 0.500. The highest BCUT2D eigenvalue weighted by atomic mass is 35.5. The number of rotatable bonds is 2. The smallest absolute Gasteiger partial charge is 0.232 e. The van der Waals surface area contributed by atoms with Gasteiger partial charge in [-0.25, -0.2) is 0 Å². The average Bonchev–Trinajstić information content (AvgIpc) is 2.74. The molecule has 1 heterocycles. The second-order valence-electron chi connectivity index (χ2n) is 5.33. The van der Waals surface area contributed by atoms with Gasteiger partial charge in [-0.2, -0.15) is 0 Å². The Morgan fingerprint density at radius 1 is 1.50 bits per heavy atom. The van der Waals surface area contributed by atoms with Crippen molar-refractivity contribution in [3.8, 4) is 0 Å². The first-order chi connectivity index (χ1) is 8.41. The molecule has 2 rings (SSSR count). The van der Waals surface area contributed by atoms with E-state index in [9.17, 15) is 9.90 Å².